The zero-order valence-electron chi connectivity index (χ0n) is 14.1. The zero-order valence-corrected chi connectivity index (χ0v) is 14.9. The Morgan fingerprint density at radius 2 is 2.08 bits per heavy atom. The van der Waals surface area contributed by atoms with Crippen LogP contribution in [0, 0.1) is 5.82 Å². The van der Waals surface area contributed by atoms with Crippen molar-refractivity contribution in [1.29, 1.82) is 0 Å². The number of carbonyl (C=O) groups is 2. The Hall–Kier alpha value is -2.67. The van der Waals surface area contributed by atoms with Crippen LogP contribution in [0.5, 0.6) is 5.75 Å². The number of thiophene rings is 1. The summed E-state index contributed by atoms with van der Waals surface area (Å²) in [7, 11) is 1.28. The fourth-order valence-corrected chi connectivity index (χ4v) is 3.46. The van der Waals surface area contributed by atoms with Crippen LogP contribution in [0.4, 0.5) is 4.39 Å². The van der Waals surface area contributed by atoms with Crippen LogP contribution < -0.4 is 4.74 Å². The molecule has 1 aliphatic rings. The van der Waals surface area contributed by atoms with Crippen molar-refractivity contribution in [2.24, 2.45) is 0 Å². The minimum absolute atomic E-state index is 0.101. The van der Waals surface area contributed by atoms with Gasteiger partial charge in [0.1, 0.15) is 12.1 Å². The van der Waals surface area contributed by atoms with Gasteiger partial charge in [0.05, 0.1) is 13.7 Å². The van der Waals surface area contributed by atoms with Crippen LogP contribution in [-0.4, -0.2) is 42.6 Å². The van der Waals surface area contributed by atoms with E-state index in [-0.39, 0.29) is 24.6 Å². The van der Waals surface area contributed by atoms with E-state index in [0.717, 1.165) is 4.88 Å². The average molecular weight is 375 g/mol. The van der Waals surface area contributed by atoms with Crippen molar-refractivity contribution < 1.29 is 23.5 Å². The van der Waals surface area contributed by atoms with Crippen LogP contribution in [-0.2, 0) is 14.3 Å². The number of methoxy groups -OCH3 is 1. The van der Waals surface area contributed by atoms with Crippen molar-refractivity contribution in [2.75, 3.05) is 13.7 Å². The summed E-state index contributed by atoms with van der Waals surface area (Å²) < 4.78 is 24.3. The molecule has 1 amide bonds. The molecule has 136 valence electrons. The molecule has 2 heterocycles. The quantitative estimate of drug-likeness (QED) is 0.595. The number of amides is 1. The van der Waals surface area contributed by atoms with Gasteiger partial charge in [-0.15, -0.1) is 11.3 Å². The number of ether oxygens (including phenoxy) is 2. The minimum Gasteiger partial charge on any atom is -0.485 e. The first-order valence-electron chi connectivity index (χ1n) is 8.09. The number of nitrogens with zero attached hydrogens (tertiary/aromatic N) is 1. The lowest BCUT2D eigenvalue weighted by Crippen LogP contribution is -2.40. The van der Waals surface area contributed by atoms with Gasteiger partial charge in [0.15, 0.2) is 11.6 Å². The first-order chi connectivity index (χ1) is 12.6. The topological polar surface area (TPSA) is 55.8 Å². The number of hydrogen-bond acceptors (Lipinski definition) is 5. The molecule has 0 unspecified atom stereocenters. The minimum atomic E-state index is -0.753. The van der Waals surface area contributed by atoms with Crippen LogP contribution in [0.2, 0.25) is 0 Å². The summed E-state index contributed by atoms with van der Waals surface area (Å²) in [5, 5.41) is 1.91. The molecule has 1 aromatic carbocycles. The molecule has 2 atom stereocenters. The highest BCUT2D eigenvalue weighted by Gasteiger charge is 2.41. The molecule has 0 saturated carbocycles. The van der Waals surface area contributed by atoms with E-state index in [2.05, 4.69) is 0 Å². The van der Waals surface area contributed by atoms with E-state index >= 15 is 0 Å². The van der Waals surface area contributed by atoms with Crippen molar-refractivity contribution in [1.82, 2.24) is 4.90 Å². The number of halogens is 1. The van der Waals surface area contributed by atoms with Crippen LogP contribution in [0.15, 0.2) is 47.9 Å². The summed E-state index contributed by atoms with van der Waals surface area (Å²) in [5.74, 6) is -1.20. The second-order valence-corrected chi connectivity index (χ2v) is 6.76. The van der Waals surface area contributed by atoms with E-state index < -0.39 is 23.9 Å². The number of hydrogen-bond donors (Lipinski definition) is 0. The van der Waals surface area contributed by atoms with Gasteiger partial charge < -0.3 is 14.4 Å². The molecular weight excluding hydrogens is 357 g/mol. The van der Waals surface area contributed by atoms with Gasteiger partial charge in [-0.1, -0.05) is 18.2 Å². The molecular formula is C19H18FNO4S. The van der Waals surface area contributed by atoms with Gasteiger partial charge in [-0.25, -0.2) is 9.18 Å². The maximum Gasteiger partial charge on any atom is 0.328 e. The third kappa shape index (κ3) is 4.11. The molecule has 2 aromatic rings. The Kier molecular flexibility index (Phi) is 5.68. The molecule has 1 aromatic heterocycles. The van der Waals surface area contributed by atoms with Gasteiger partial charge in [0.25, 0.3) is 0 Å². The first kappa shape index (κ1) is 18.1. The summed E-state index contributed by atoms with van der Waals surface area (Å²) in [6, 6.07) is 9.08. The second kappa shape index (κ2) is 8.14. The van der Waals surface area contributed by atoms with Crippen molar-refractivity contribution in [2.45, 2.75) is 18.6 Å². The predicted octanol–water partition coefficient (Wildman–Crippen LogP) is 3.12. The molecule has 0 radical (unpaired) electrons. The van der Waals surface area contributed by atoms with Gasteiger partial charge in [0.2, 0.25) is 5.91 Å². The molecule has 5 nitrogen and oxygen atoms in total. The second-order valence-electron chi connectivity index (χ2n) is 5.78. The van der Waals surface area contributed by atoms with E-state index in [1.54, 1.807) is 18.2 Å². The van der Waals surface area contributed by atoms with Crippen molar-refractivity contribution >= 4 is 29.3 Å². The molecule has 26 heavy (non-hydrogen) atoms. The van der Waals surface area contributed by atoms with E-state index in [1.807, 2.05) is 17.5 Å². The van der Waals surface area contributed by atoms with Crippen LogP contribution >= 0.6 is 11.3 Å². The molecule has 7 heteroatoms. The summed E-state index contributed by atoms with van der Waals surface area (Å²) in [5.41, 5.74) is 0. The highest BCUT2D eigenvalue weighted by atomic mass is 32.1. The largest absolute Gasteiger partial charge is 0.485 e. The van der Waals surface area contributed by atoms with E-state index in [1.165, 1.54) is 41.6 Å². The van der Waals surface area contributed by atoms with E-state index in [0.29, 0.717) is 0 Å². The fourth-order valence-electron chi connectivity index (χ4n) is 2.84. The van der Waals surface area contributed by atoms with Crippen LogP contribution in [0.1, 0.15) is 11.3 Å². The lowest BCUT2D eigenvalue weighted by Gasteiger charge is -2.20. The summed E-state index contributed by atoms with van der Waals surface area (Å²) in [6.45, 7) is 0.182. The number of carbonyl (C=O) groups excluding carboxylic acids is 2. The lowest BCUT2D eigenvalue weighted by atomic mass is 10.2. The Balaban J connectivity index is 1.73. The van der Waals surface area contributed by atoms with Crippen LogP contribution in [0.3, 0.4) is 0 Å². The van der Waals surface area contributed by atoms with Crippen molar-refractivity contribution in [3.05, 3.63) is 58.5 Å². The maximum atomic E-state index is 13.8. The monoisotopic (exact) mass is 375 g/mol. The highest BCUT2D eigenvalue weighted by molar-refractivity contribution is 7.10. The molecule has 3 rings (SSSR count). The standard InChI is InChI=1S/C19H18FNO4S/c1-24-19(23)16-11-13(25-17-7-3-2-6-15(17)20)12-21(16)18(22)9-8-14-5-4-10-26-14/h2-10,13,16H,11-12H2,1H3/b9-8+/t13-,16+/m1/s1. The van der Waals surface area contributed by atoms with Gasteiger partial charge >= 0.3 is 5.97 Å². The molecule has 0 aliphatic carbocycles. The third-order valence-corrected chi connectivity index (χ3v) is 4.92. The Morgan fingerprint density at radius 1 is 1.27 bits per heavy atom. The molecule has 1 saturated heterocycles. The molecule has 1 fully saturated rings. The molecule has 0 bridgehead atoms. The SMILES string of the molecule is COC(=O)[C@@H]1C[C@@H](Oc2ccccc2F)CN1C(=O)/C=C/c1cccs1. The van der Waals surface area contributed by atoms with E-state index in [9.17, 15) is 14.0 Å². The van der Waals surface area contributed by atoms with Gasteiger partial charge in [-0.2, -0.15) is 0 Å². The number of rotatable bonds is 5. The summed E-state index contributed by atoms with van der Waals surface area (Å²) in [6.07, 6.45) is 2.88. The predicted molar refractivity (Wildman–Crippen MR) is 96.3 cm³/mol. The Bertz CT molecular complexity index is 806. The highest BCUT2D eigenvalue weighted by Crippen LogP contribution is 2.26. The van der Waals surface area contributed by atoms with Gasteiger partial charge in [0, 0.05) is 17.4 Å². The summed E-state index contributed by atoms with van der Waals surface area (Å²) in [4.78, 5) is 26.9. The Morgan fingerprint density at radius 3 is 2.77 bits per heavy atom. The van der Waals surface area contributed by atoms with Gasteiger partial charge in [-0.05, 0) is 29.7 Å². The summed E-state index contributed by atoms with van der Waals surface area (Å²) >= 11 is 1.51. The van der Waals surface area contributed by atoms with Crippen LogP contribution in [0.25, 0.3) is 6.08 Å². The fraction of sp³-hybridized carbons (Fsp3) is 0.263. The molecule has 0 N–H and O–H groups in total. The van der Waals surface area contributed by atoms with Gasteiger partial charge in [-0.3, -0.25) is 4.79 Å². The molecule has 0 spiro atoms. The number of para-hydroxylation sites is 1. The molecule has 1 aliphatic heterocycles. The van der Waals surface area contributed by atoms with Crippen molar-refractivity contribution in [3.63, 3.8) is 0 Å². The van der Waals surface area contributed by atoms with Crippen molar-refractivity contribution in [3.8, 4) is 5.75 Å². The normalized spacial score (nSPS) is 19.7. The zero-order chi connectivity index (χ0) is 18.5. The maximum absolute atomic E-state index is 13.8. The number of esters is 1. The average Bonchev–Trinajstić information content (AvgIpc) is 3.31. The number of benzene rings is 1. The number of likely N-dealkylation sites (tertiary alicyclic amines) is 1. The smallest absolute Gasteiger partial charge is 0.328 e. The van der Waals surface area contributed by atoms with E-state index in [4.69, 9.17) is 9.47 Å². The third-order valence-electron chi connectivity index (χ3n) is 4.08. The Labute approximate surface area is 154 Å². The first-order valence-corrected chi connectivity index (χ1v) is 8.97. The lowest BCUT2D eigenvalue weighted by molar-refractivity contribution is -0.149.